The van der Waals surface area contributed by atoms with E-state index in [0.717, 1.165) is 0 Å². The predicted octanol–water partition coefficient (Wildman–Crippen LogP) is 2.66. The highest BCUT2D eigenvalue weighted by atomic mass is 16.4. The fourth-order valence-electron chi connectivity index (χ4n) is 2.56. The number of aldehydes is 2. The number of carboxylic acids is 1. The number of hydrogen-bond donors (Lipinski definition) is 2. The molecule has 0 aliphatic rings. The number of carboxylic acid groups (broad SMARTS) is 1. The average molecular weight is 364 g/mol. The van der Waals surface area contributed by atoms with Crippen LogP contribution in [0.25, 0.3) is 0 Å². The molecule has 0 fully saturated rings. The molecule has 6 nitrogen and oxygen atoms in total. The molecule has 0 aromatic rings. The number of hydrogen-bond acceptors (Lipinski definition) is 5. The van der Waals surface area contributed by atoms with Crippen molar-refractivity contribution in [2.75, 3.05) is 0 Å². The standard InChI is InChI=1S/C20H28O6/c1-14(7-5-8-15(2)23)18(19(24)25)17(10-12-21)16(13-22)9-6-11-20(3,4)26/h6,9,11-13,17-18,26H,1,5,7-8,10H2,2-4H3,(H,24,25). The van der Waals surface area contributed by atoms with Crippen LogP contribution in [0.3, 0.4) is 0 Å². The summed E-state index contributed by atoms with van der Waals surface area (Å²) in [5.41, 5.74) is -0.588. The molecule has 0 aromatic heterocycles. The van der Waals surface area contributed by atoms with Crippen molar-refractivity contribution in [2.24, 2.45) is 11.8 Å². The second-order valence-electron chi connectivity index (χ2n) is 6.84. The van der Waals surface area contributed by atoms with Crippen LogP contribution in [0.2, 0.25) is 0 Å². The molecular weight excluding hydrogens is 336 g/mol. The Morgan fingerprint density at radius 3 is 2.23 bits per heavy atom. The van der Waals surface area contributed by atoms with Crippen molar-refractivity contribution in [1.82, 2.24) is 0 Å². The maximum Gasteiger partial charge on any atom is 0.311 e. The number of ketones is 1. The van der Waals surface area contributed by atoms with E-state index < -0.39 is 23.4 Å². The van der Waals surface area contributed by atoms with Crippen molar-refractivity contribution in [3.8, 4) is 0 Å². The van der Waals surface area contributed by atoms with E-state index >= 15 is 0 Å². The number of carbonyl (C=O) groups is 4. The van der Waals surface area contributed by atoms with Crippen molar-refractivity contribution >= 4 is 24.3 Å². The first kappa shape index (κ1) is 23.7. The molecule has 0 spiro atoms. The zero-order valence-corrected chi connectivity index (χ0v) is 15.6. The van der Waals surface area contributed by atoms with Crippen LogP contribution in [0, 0.1) is 11.8 Å². The highest BCUT2D eigenvalue weighted by molar-refractivity contribution is 5.81. The fourth-order valence-corrected chi connectivity index (χ4v) is 2.56. The Balaban J connectivity index is 5.60. The summed E-state index contributed by atoms with van der Waals surface area (Å²) < 4.78 is 0. The highest BCUT2D eigenvalue weighted by Crippen LogP contribution is 2.31. The highest BCUT2D eigenvalue weighted by Gasteiger charge is 2.32. The second-order valence-corrected chi connectivity index (χ2v) is 6.84. The van der Waals surface area contributed by atoms with Crippen LogP contribution < -0.4 is 0 Å². The van der Waals surface area contributed by atoms with Crippen molar-refractivity contribution in [1.29, 1.82) is 0 Å². The smallest absolute Gasteiger partial charge is 0.311 e. The predicted molar refractivity (Wildman–Crippen MR) is 98.6 cm³/mol. The summed E-state index contributed by atoms with van der Waals surface area (Å²) in [6.07, 6.45) is 6.34. The Morgan fingerprint density at radius 2 is 1.81 bits per heavy atom. The average Bonchev–Trinajstić information content (AvgIpc) is 2.49. The molecule has 6 heteroatoms. The third-order valence-electron chi connectivity index (χ3n) is 3.84. The quantitative estimate of drug-likeness (QED) is 0.225. The number of aliphatic hydroxyl groups is 1. The van der Waals surface area contributed by atoms with Gasteiger partial charge in [0, 0.05) is 18.8 Å². The lowest BCUT2D eigenvalue weighted by molar-refractivity contribution is -0.141. The van der Waals surface area contributed by atoms with Gasteiger partial charge in [0.15, 0.2) is 0 Å². The van der Waals surface area contributed by atoms with E-state index in [4.69, 9.17) is 0 Å². The van der Waals surface area contributed by atoms with E-state index in [2.05, 4.69) is 6.58 Å². The van der Waals surface area contributed by atoms with Gasteiger partial charge in [-0.1, -0.05) is 30.4 Å². The first-order valence-electron chi connectivity index (χ1n) is 8.44. The Labute approximate surface area is 154 Å². The summed E-state index contributed by atoms with van der Waals surface area (Å²) in [7, 11) is 0. The number of rotatable bonds is 13. The van der Waals surface area contributed by atoms with Gasteiger partial charge in [-0.15, -0.1) is 0 Å². The summed E-state index contributed by atoms with van der Waals surface area (Å²) in [6.45, 7) is 8.36. The lowest BCUT2D eigenvalue weighted by Crippen LogP contribution is -2.28. The first-order chi connectivity index (χ1) is 12.0. The minimum Gasteiger partial charge on any atom is -0.481 e. The molecular formula is C20H28O6. The van der Waals surface area contributed by atoms with Crippen LogP contribution in [-0.2, 0) is 19.2 Å². The van der Waals surface area contributed by atoms with Gasteiger partial charge in [-0.3, -0.25) is 9.59 Å². The van der Waals surface area contributed by atoms with Gasteiger partial charge in [0.1, 0.15) is 18.4 Å². The largest absolute Gasteiger partial charge is 0.481 e. The van der Waals surface area contributed by atoms with Gasteiger partial charge in [-0.05, 0) is 39.2 Å². The maximum absolute atomic E-state index is 11.8. The van der Waals surface area contributed by atoms with E-state index in [-0.39, 0.29) is 17.8 Å². The lowest BCUT2D eigenvalue weighted by atomic mass is 9.78. The Morgan fingerprint density at radius 1 is 1.19 bits per heavy atom. The minimum absolute atomic E-state index is 0.000603. The molecule has 144 valence electrons. The number of carbonyl (C=O) groups excluding carboxylic acids is 3. The molecule has 0 heterocycles. The third kappa shape index (κ3) is 9.22. The van der Waals surface area contributed by atoms with Gasteiger partial charge in [-0.25, -0.2) is 0 Å². The molecule has 0 aliphatic carbocycles. The fraction of sp³-hybridized carbons (Fsp3) is 0.500. The number of aliphatic carboxylic acids is 1. The van der Waals surface area contributed by atoms with E-state index in [0.29, 0.717) is 37.4 Å². The van der Waals surface area contributed by atoms with Crippen molar-refractivity contribution in [3.63, 3.8) is 0 Å². The van der Waals surface area contributed by atoms with E-state index in [9.17, 15) is 29.4 Å². The van der Waals surface area contributed by atoms with Crippen LogP contribution in [0.15, 0.2) is 36.0 Å². The van der Waals surface area contributed by atoms with Gasteiger partial charge in [0.2, 0.25) is 0 Å². The van der Waals surface area contributed by atoms with Crippen molar-refractivity contribution < 1.29 is 29.4 Å². The van der Waals surface area contributed by atoms with Crippen molar-refractivity contribution in [3.05, 3.63) is 36.0 Å². The molecule has 2 atom stereocenters. The van der Waals surface area contributed by atoms with Gasteiger partial charge in [0.05, 0.1) is 11.5 Å². The summed E-state index contributed by atoms with van der Waals surface area (Å²) in [5, 5.41) is 19.3. The SMILES string of the molecule is C=C(CCCC(C)=O)C(C(=O)O)C(CC=O)C(C=O)=CC=CC(C)(C)O. The minimum atomic E-state index is -1.18. The molecule has 0 saturated carbocycles. The zero-order chi connectivity index (χ0) is 20.3. The Hall–Kier alpha value is -2.34. The summed E-state index contributed by atoms with van der Waals surface area (Å²) >= 11 is 0. The summed E-state index contributed by atoms with van der Waals surface area (Å²) in [5.74, 6) is -3.15. The van der Waals surface area contributed by atoms with Crippen LogP contribution in [-0.4, -0.2) is 40.1 Å². The number of Topliss-reactive ketones (excluding diaryl/α,β-unsaturated/α-hetero) is 1. The third-order valence-corrected chi connectivity index (χ3v) is 3.84. The van der Waals surface area contributed by atoms with Gasteiger partial charge in [0.25, 0.3) is 0 Å². The molecule has 0 bridgehead atoms. The summed E-state index contributed by atoms with van der Waals surface area (Å²) in [4.78, 5) is 45.3. The molecule has 0 amide bonds. The van der Waals surface area contributed by atoms with Gasteiger partial charge in [-0.2, -0.15) is 0 Å². The van der Waals surface area contributed by atoms with Crippen molar-refractivity contribution in [2.45, 2.75) is 52.1 Å². The lowest BCUT2D eigenvalue weighted by Gasteiger charge is -2.24. The monoisotopic (exact) mass is 364 g/mol. The zero-order valence-electron chi connectivity index (χ0n) is 15.6. The van der Waals surface area contributed by atoms with E-state index in [1.54, 1.807) is 13.8 Å². The molecule has 26 heavy (non-hydrogen) atoms. The topological polar surface area (TPSA) is 109 Å². The second kappa shape index (κ2) is 11.3. The van der Waals surface area contributed by atoms with Crippen LogP contribution in [0.4, 0.5) is 0 Å². The first-order valence-corrected chi connectivity index (χ1v) is 8.44. The molecule has 0 aliphatic heterocycles. The molecule has 0 radical (unpaired) electrons. The maximum atomic E-state index is 11.8. The molecule has 2 unspecified atom stereocenters. The Bertz CT molecular complexity index is 592. The molecule has 0 rings (SSSR count). The van der Waals surface area contributed by atoms with Gasteiger partial charge < -0.3 is 19.8 Å². The summed E-state index contributed by atoms with van der Waals surface area (Å²) in [6, 6.07) is 0. The molecule has 0 saturated heterocycles. The Kier molecular flexibility index (Phi) is 10.3. The van der Waals surface area contributed by atoms with Crippen LogP contribution in [0.1, 0.15) is 46.5 Å². The van der Waals surface area contributed by atoms with Gasteiger partial charge >= 0.3 is 5.97 Å². The van der Waals surface area contributed by atoms with E-state index in [1.165, 1.54) is 25.2 Å². The molecule has 0 aromatic carbocycles. The van der Waals surface area contributed by atoms with E-state index in [1.807, 2.05) is 0 Å². The normalized spacial score (nSPS) is 14.7. The molecule has 2 N–H and O–H groups in total. The number of allylic oxidation sites excluding steroid dienone is 3. The van der Waals surface area contributed by atoms with Crippen LogP contribution >= 0.6 is 0 Å². The van der Waals surface area contributed by atoms with Crippen LogP contribution in [0.5, 0.6) is 0 Å².